The molecule has 0 spiro atoms. The minimum Gasteiger partial charge on any atom is -0.493 e. The van der Waals surface area contributed by atoms with Crippen LogP contribution in [0, 0.1) is 11.3 Å². The highest BCUT2D eigenvalue weighted by Gasteiger charge is 2.09. The first kappa shape index (κ1) is 40.8. The predicted octanol–water partition coefficient (Wildman–Crippen LogP) is 6.23. The summed E-state index contributed by atoms with van der Waals surface area (Å²) in [7, 11) is 3.49. The SMILES string of the molecule is C=C(/C=C\C=C/C)CC(CNC)COC=O.CC.CC(C)(C)C.COc1cc(CNC=S)ccc1OCCN. The van der Waals surface area contributed by atoms with Crippen LogP contribution in [0.25, 0.3) is 0 Å². The van der Waals surface area contributed by atoms with Crippen LogP contribution in [-0.4, -0.2) is 52.4 Å². The summed E-state index contributed by atoms with van der Waals surface area (Å²) in [5, 5.41) is 6.03. The highest BCUT2D eigenvalue weighted by atomic mass is 32.1. The van der Waals surface area contributed by atoms with Crippen LogP contribution in [0.3, 0.4) is 0 Å². The molecule has 0 radical (unpaired) electrons. The van der Waals surface area contributed by atoms with Crippen molar-refractivity contribution in [1.82, 2.24) is 10.6 Å². The molecule has 7 nitrogen and oxygen atoms in total. The number of benzene rings is 1. The summed E-state index contributed by atoms with van der Waals surface area (Å²) in [6.45, 7) is 22.1. The zero-order valence-corrected chi connectivity index (χ0v) is 26.7. The van der Waals surface area contributed by atoms with Crippen molar-refractivity contribution in [2.75, 3.05) is 40.5 Å². The maximum atomic E-state index is 10.1. The number of allylic oxidation sites excluding steroid dienone is 5. The number of hydrogen-bond donors (Lipinski definition) is 3. The van der Waals surface area contributed by atoms with E-state index in [2.05, 4.69) is 57.1 Å². The first-order valence-corrected chi connectivity index (χ1v) is 13.9. The molecule has 0 heterocycles. The summed E-state index contributed by atoms with van der Waals surface area (Å²) < 4.78 is 15.4. The fraction of sp³-hybridized carbons (Fsp3) is 0.548. The minimum atomic E-state index is 0.276. The van der Waals surface area contributed by atoms with Gasteiger partial charge in [-0.15, -0.1) is 0 Å². The third-order valence-electron chi connectivity index (χ3n) is 4.07. The van der Waals surface area contributed by atoms with Gasteiger partial charge in [-0.2, -0.15) is 0 Å². The van der Waals surface area contributed by atoms with E-state index in [0.717, 1.165) is 24.1 Å². The second kappa shape index (κ2) is 28.3. The lowest BCUT2D eigenvalue weighted by molar-refractivity contribution is -0.129. The van der Waals surface area contributed by atoms with E-state index in [0.29, 0.717) is 49.7 Å². The second-order valence-electron chi connectivity index (χ2n) is 9.72. The number of methoxy groups -OCH3 is 1. The molecule has 1 rings (SSSR count). The molecule has 0 amide bonds. The van der Waals surface area contributed by atoms with Crippen molar-refractivity contribution in [1.29, 1.82) is 0 Å². The largest absolute Gasteiger partial charge is 0.493 e. The number of thiocarbonyl (C=S) groups is 1. The molecule has 1 unspecified atom stereocenters. The molecule has 1 atom stereocenters. The van der Waals surface area contributed by atoms with E-state index in [9.17, 15) is 4.79 Å². The Bertz CT molecular complexity index is 800. The van der Waals surface area contributed by atoms with Crippen LogP contribution in [0.1, 0.15) is 60.5 Å². The highest BCUT2D eigenvalue weighted by Crippen LogP contribution is 2.27. The van der Waals surface area contributed by atoms with E-state index in [1.165, 1.54) is 5.49 Å². The zero-order chi connectivity index (χ0) is 30.5. The Labute approximate surface area is 244 Å². The molecule has 0 aliphatic rings. The summed E-state index contributed by atoms with van der Waals surface area (Å²) in [5.41, 5.74) is 9.48. The maximum absolute atomic E-state index is 10.1. The summed E-state index contributed by atoms with van der Waals surface area (Å²) in [6, 6.07) is 5.74. The second-order valence-corrected chi connectivity index (χ2v) is 9.96. The number of ether oxygens (including phenoxy) is 3. The van der Waals surface area contributed by atoms with Crippen LogP contribution in [0.5, 0.6) is 11.5 Å². The van der Waals surface area contributed by atoms with Crippen molar-refractivity contribution in [2.24, 2.45) is 17.1 Å². The smallest absolute Gasteiger partial charge is 0.293 e. The van der Waals surface area contributed by atoms with E-state index < -0.39 is 0 Å². The Morgan fingerprint density at radius 3 is 2.31 bits per heavy atom. The van der Waals surface area contributed by atoms with Crippen LogP contribution in [0.15, 0.2) is 54.7 Å². The van der Waals surface area contributed by atoms with Gasteiger partial charge in [-0.1, -0.05) is 96.3 Å². The summed E-state index contributed by atoms with van der Waals surface area (Å²) in [6.07, 6.45) is 8.68. The lowest BCUT2D eigenvalue weighted by Gasteiger charge is -2.15. The molecule has 0 saturated heterocycles. The van der Waals surface area contributed by atoms with Crippen LogP contribution >= 0.6 is 12.2 Å². The Hall–Kier alpha value is -2.68. The van der Waals surface area contributed by atoms with Gasteiger partial charge in [-0.05, 0) is 43.5 Å². The number of nitrogens with two attached hydrogens (primary N) is 1. The number of carbonyl (C=O) groups excluding carboxylic acids is 1. The number of rotatable bonds is 16. The number of nitrogens with one attached hydrogen (secondary N) is 2. The van der Waals surface area contributed by atoms with Crippen molar-refractivity contribution in [3.05, 3.63) is 60.2 Å². The molecule has 1 aromatic rings. The Kier molecular flexibility index (Phi) is 29.6. The van der Waals surface area contributed by atoms with Gasteiger partial charge in [0, 0.05) is 25.6 Å². The molecule has 0 fully saturated rings. The van der Waals surface area contributed by atoms with E-state index >= 15 is 0 Å². The lowest BCUT2D eigenvalue weighted by Crippen LogP contribution is -2.23. The third kappa shape index (κ3) is 29.7. The molecule has 8 heteroatoms. The van der Waals surface area contributed by atoms with E-state index in [1.54, 1.807) is 7.11 Å². The van der Waals surface area contributed by atoms with Crippen molar-refractivity contribution in [2.45, 2.75) is 61.4 Å². The molecule has 224 valence electrons. The molecule has 0 aliphatic carbocycles. The monoisotopic (exact) mass is 565 g/mol. The molecule has 0 aromatic heterocycles. The molecule has 0 aliphatic heterocycles. The van der Waals surface area contributed by atoms with Crippen molar-refractivity contribution < 1.29 is 19.0 Å². The van der Waals surface area contributed by atoms with Crippen LogP contribution in [0.2, 0.25) is 0 Å². The van der Waals surface area contributed by atoms with Gasteiger partial charge >= 0.3 is 0 Å². The summed E-state index contributed by atoms with van der Waals surface area (Å²) in [5.74, 6) is 1.69. The van der Waals surface area contributed by atoms with Crippen LogP contribution in [0.4, 0.5) is 0 Å². The standard InChI is InChI=1S/C13H21NO2.C11H16N2O2S.C5H12.C2H6/c1-4-5-6-7-12(2)8-13(9-14-3)10-16-11-15;1-14-11-6-9(7-13-8-16)2-3-10(11)15-5-4-12;1-5(2,3)4;1-2/h4-7,11,13-14H,2,8-10H2,1,3H3;2-3,6,8H,4-5,7,12H2,1H3,(H,13,16);1-4H3;1-2H3/b5-4-,7-6-;;;. The number of hydrogen-bond acceptors (Lipinski definition) is 7. The maximum Gasteiger partial charge on any atom is 0.293 e. The molecular formula is C31H55N3O4S. The van der Waals surface area contributed by atoms with Gasteiger partial charge in [0.2, 0.25) is 0 Å². The van der Waals surface area contributed by atoms with Crippen LogP contribution in [-0.2, 0) is 16.1 Å². The fourth-order valence-electron chi connectivity index (χ4n) is 2.67. The Morgan fingerprint density at radius 1 is 1.18 bits per heavy atom. The predicted molar refractivity (Wildman–Crippen MR) is 172 cm³/mol. The van der Waals surface area contributed by atoms with Crippen molar-refractivity contribution in [3.8, 4) is 11.5 Å². The quantitative estimate of drug-likeness (QED) is 0.123. The summed E-state index contributed by atoms with van der Waals surface area (Å²) >= 11 is 4.69. The van der Waals surface area contributed by atoms with E-state index in [1.807, 2.05) is 70.3 Å². The number of carbonyl (C=O) groups is 1. The van der Waals surface area contributed by atoms with E-state index in [-0.39, 0.29) is 5.92 Å². The van der Waals surface area contributed by atoms with Crippen LogP contribution < -0.4 is 25.8 Å². The Morgan fingerprint density at radius 2 is 1.82 bits per heavy atom. The zero-order valence-electron chi connectivity index (χ0n) is 25.8. The van der Waals surface area contributed by atoms with Gasteiger partial charge in [0.15, 0.2) is 11.5 Å². The van der Waals surface area contributed by atoms with Gasteiger partial charge < -0.3 is 30.6 Å². The average Bonchev–Trinajstić information content (AvgIpc) is 2.90. The fourth-order valence-corrected chi connectivity index (χ4v) is 2.75. The molecule has 0 saturated carbocycles. The first-order valence-electron chi connectivity index (χ1n) is 13.4. The first-order chi connectivity index (χ1) is 18.6. The topological polar surface area (TPSA) is 94.8 Å². The normalized spacial score (nSPS) is 11.0. The highest BCUT2D eigenvalue weighted by molar-refractivity contribution is 7.78. The van der Waals surface area contributed by atoms with Gasteiger partial charge in [0.1, 0.15) is 6.61 Å². The average molecular weight is 566 g/mol. The molecule has 0 bridgehead atoms. The van der Waals surface area contributed by atoms with Gasteiger partial charge in [0.25, 0.3) is 6.47 Å². The Balaban J connectivity index is -0.000000537. The third-order valence-corrected chi connectivity index (χ3v) is 4.24. The lowest BCUT2D eigenvalue weighted by atomic mass is 10.0. The molecule has 1 aromatic carbocycles. The van der Waals surface area contributed by atoms with Crippen molar-refractivity contribution in [3.63, 3.8) is 0 Å². The molecular weight excluding hydrogens is 510 g/mol. The van der Waals surface area contributed by atoms with Crippen molar-refractivity contribution >= 4 is 24.2 Å². The molecule has 4 N–H and O–H groups in total. The van der Waals surface area contributed by atoms with Gasteiger partial charge in [-0.3, -0.25) is 4.79 Å². The molecule has 39 heavy (non-hydrogen) atoms. The van der Waals surface area contributed by atoms with Gasteiger partial charge in [-0.25, -0.2) is 0 Å². The van der Waals surface area contributed by atoms with E-state index in [4.69, 9.17) is 19.9 Å². The minimum absolute atomic E-state index is 0.276. The summed E-state index contributed by atoms with van der Waals surface area (Å²) in [4.78, 5) is 10.1. The van der Waals surface area contributed by atoms with Gasteiger partial charge in [0.05, 0.1) is 19.2 Å².